The van der Waals surface area contributed by atoms with Crippen molar-refractivity contribution >= 4 is 11.0 Å². The average molecular weight is 305 g/mol. The van der Waals surface area contributed by atoms with Crippen LogP contribution < -0.4 is 0 Å². The van der Waals surface area contributed by atoms with Crippen molar-refractivity contribution in [2.75, 3.05) is 13.1 Å². The van der Waals surface area contributed by atoms with Gasteiger partial charge in [0.1, 0.15) is 5.82 Å². The molecule has 118 valence electrons. The van der Waals surface area contributed by atoms with Crippen LogP contribution >= 0.6 is 0 Å². The molecule has 2 aromatic carbocycles. The fourth-order valence-corrected chi connectivity index (χ4v) is 3.50. The largest absolute Gasteiger partial charge is 0.314 e. The van der Waals surface area contributed by atoms with Gasteiger partial charge < -0.3 is 4.57 Å². The summed E-state index contributed by atoms with van der Waals surface area (Å²) in [5, 5.41) is 0. The zero-order chi connectivity index (χ0) is 15.5. The average Bonchev–Trinajstić information content (AvgIpc) is 2.94. The molecule has 3 heteroatoms. The number of nitrogens with zero attached hydrogens (tertiary/aromatic N) is 3. The third-order valence-corrected chi connectivity index (χ3v) is 4.73. The van der Waals surface area contributed by atoms with Crippen LogP contribution in [0, 0.1) is 0 Å². The van der Waals surface area contributed by atoms with Gasteiger partial charge in [-0.05, 0) is 43.6 Å². The van der Waals surface area contributed by atoms with Gasteiger partial charge in [-0.3, -0.25) is 4.90 Å². The number of fused-ring (bicyclic) bond motifs is 1. The highest BCUT2D eigenvalue weighted by atomic mass is 15.3. The molecule has 0 radical (unpaired) electrons. The Kier molecular flexibility index (Phi) is 4.12. The highest BCUT2D eigenvalue weighted by molar-refractivity contribution is 5.76. The number of piperidine rings is 1. The van der Waals surface area contributed by atoms with E-state index in [-0.39, 0.29) is 0 Å². The molecule has 0 bridgehead atoms. The Hall–Kier alpha value is -2.13. The van der Waals surface area contributed by atoms with Crippen molar-refractivity contribution in [3.63, 3.8) is 0 Å². The van der Waals surface area contributed by atoms with Gasteiger partial charge in [0.2, 0.25) is 0 Å². The molecular formula is C20H23N3. The van der Waals surface area contributed by atoms with Crippen molar-refractivity contribution in [2.45, 2.75) is 32.4 Å². The monoisotopic (exact) mass is 305 g/mol. The van der Waals surface area contributed by atoms with E-state index in [4.69, 9.17) is 4.98 Å². The number of rotatable bonds is 4. The zero-order valence-corrected chi connectivity index (χ0v) is 13.5. The van der Waals surface area contributed by atoms with Crippen LogP contribution in [0.3, 0.4) is 0 Å². The minimum Gasteiger partial charge on any atom is -0.314 e. The Morgan fingerprint density at radius 3 is 2.39 bits per heavy atom. The van der Waals surface area contributed by atoms with Crippen LogP contribution in [0.15, 0.2) is 54.6 Å². The maximum absolute atomic E-state index is 4.91. The van der Waals surface area contributed by atoms with Crippen molar-refractivity contribution in [3.8, 4) is 0 Å². The minimum atomic E-state index is 0.892. The molecule has 0 N–H and O–H groups in total. The number of hydrogen-bond donors (Lipinski definition) is 0. The molecule has 1 saturated heterocycles. The summed E-state index contributed by atoms with van der Waals surface area (Å²) < 4.78 is 2.41. The Balaban J connectivity index is 1.69. The van der Waals surface area contributed by atoms with Crippen LogP contribution in [0.2, 0.25) is 0 Å². The molecule has 3 aromatic rings. The molecule has 1 fully saturated rings. The first-order valence-corrected chi connectivity index (χ1v) is 8.60. The first-order chi connectivity index (χ1) is 11.4. The predicted octanol–water partition coefficient (Wildman–Crippen LogP) is 4.07. The molecule has 0 unspecified atom stereocenters. The van der Waals surface area contributed by atoms with Gasteiger partial charge in [-0.1, -0.05) is 48.9 Å². The van der Waals surface area contributed by atoms with Crippen molar-refractivity contribution in [3.05, 3.63) is 66.0 Å². The second-order valence-corrected chi connectivity index (χ2v) is 6.43. The predicted molar refractivity (Wildman–Crippen MR) is 94.4 cm³/mol. The van der Waals surface area contributed by atoms with Crippen LogP contribution in [0.1, 0.15) is 30.7 Å². The summed E-state index contributed by atoms with van der Waals surface area (Å²) >= 11 is 0. The van der Waals surface area contributed by atoms with Crippen LogP contribution in [-0.2, 0) is 13.1 Å². The van der Waals surface area contributed by atoms with Gasteiger partial charge >= 0.3 is 0 Å². The molecule has 0 atom stereocenters. The van der Waals surface area contributed by atoms with E-state index in [2.05, 4.69) is 64.1 Å². The second-order valence-electron chi connectivity index (χ2n) is 6.43. The molecule has 0 amide bonds. The fourth-order valence-electron chi connectivity index (χ4n) is 3.50. The number of para-hydroxylation sites is 2. The van der Waals surface area contributed by atoms with E-state index in [0.717, 1.165) is 18.6 Å². The summed E-state index contributed by atoms with van der Waals surface area (Å²) in [7, 11) is 0. The summed E-state index contributed by atoms with van der Waals surface area (Å²) in [6.07, 6.45) is 4.91. The fraction of sp³-hybridized carbons (Fsp3) is 0.350. The molecule has 1 aliphatic heterocycles. The molecule has 23 heavy (non-hydrogen) atoms. The van der Waals surface area contributed by atoms with Crippen molar-refractivity contribution < 1.29 is 0 Å². The third-order valence-electron chi connectivity index (χ3n) is 4.73. The molecule has 4 rings (SSSR count). The van der Waals surface area contributed by atoms with Gasteiger partial charge in [-0.25, -0.2) is 4.98 Å². The Morgan fingerprint density at radius 1 is 0.826 bits per heavy atom. The lowest BCUT2D eigenvalue weighted by atomic mass is 10.1. The number of hydrogen-bond acceptors (Lipinski definition) is 2. The van der Waals surface area contributed by atoms with E-state index in [1.54, 1.807) is 0 Å². The topological polar surface area (TPSA) is 21.1 Å². The number of imidazole rings is 1. The standard InChI is InChI=1S/C20H23N3/c1-3-9-17(10-4-1)15-20-21-18-11-5-6-12-19(18)23(20)16-22-13-7-2-8-14-22/h1,3-6,9-12H,2,7-8,13-16H2. The highest BCUT2D eigenvalue weighted by Crippen LogP contribution is 2.20. The van der Waals surface area contributed by atoms with E-state index < -0.39 is 0 Å². The molecule has 1 aliphatic rings. The number of likely N-dealkylation sites (tertiary alicyclic amines) is 1. The number of aromatic nitrogens is 2. The van der Waals surface area contributed by atoms with Crippen LogP contribution in [-0.4, -0.2) is 27.5 Å². The molecule has 2 heterocycles. The summed E-state index contributed by atoms with van der Waals surface area (Å²) in [6, 6.07) is 19.2. The summed E-state index contributed by atoms with van der Waals surface area (Å²) in [6.45, 7) is 3.37. The van der Waals surface area contributed by atoms with Crippen LogP contribution in [0.25, 0.3) is 11.0 Å². The van der Waals surface area contributed by atoms with E-state index >= 15 is 0 Å². The summed E-state index contributed by atoms with van der Waals surface area (Å²) in [5.41, 5.74) is 3.68. The Morgan fingerprint density at radius 2 is 1.57 bits per heavy atom. The zero-order valence-electron chi connectivity index (χ0n) is 13.5. The lowest BCUT2D eigenvalue weighted by molar-refractivity contribution is 0.183. The molecule has 0 spiro atoms. The number of benzene rings is 2. The normalized spacial score (nSPS) is 16.0. The SMILES string of the molecule is c1ccc(Cc2nc3ccccc3n2CN2CCCCC2)cc1. The van der Waals surface area contributed by atoms with Gasteiger partial charge in [-0.2, -0.15) is 0 Å². The van der Waals surface area contributed by atoms with E-state index in [1.807, 2.05) is 0 Å². The molecule has 1 aromatic heterocycles. The van der Waals surface area contributed by atoms with Crippen molar-refractivity contribution in [1.82, 2.24) is 14.5 Å². The first kappa shape index (κ1) is 14.5. The maximum Gasteiger partial charge on any atom is 0.115 e. The lowest BCUT2D eigenvalue weighted by Gasteiger charge is -2.27. The van der Waals surface area contributed by atoms with Gasteiger partial charge in [0.15, 0.2) is 0 Å². The second kappa shape index (κ2) is 6.55. The maximum atomic E-state index is 4.91. The Bertz CT molecular complexity index is 770. The quantitative estimate of drug-likeness (QED) is 0.724. The summed E-state index contributed by atoms with van der Waals surface area (Å²) in [4.78, 5) is 7.47. The summed E-state index contributed by atoms with van der Waals surface area (Å²) in [5.74, 6) is 1.17. The smallest absolute Gasteiger partial charge is 0.115 e. The van der Waals surface area contributed by atoms with Crippen molar-refractivity contribution in [2.24, 2.45) is 0 Å². The molecule has 0 aliphatic carbocycles. The Labute approximate surface area is 137 Å². The molecular weight excluding hydrogens is 282 g/mol. The first-order valence-electron chi connectivity index (χ1n) is 8.60. The van der Waals surface area contributed by atoms with Gasteiger partial charge in [0.05, 0.1) is 17.7 Å². The van der Waals surface area contributed by atoms with Gasteiger partial charge in [0.25, 0.3) is 0 Å². The lowest BCUT2D eigenvalue weighted by Crippen LogP contribution is -2.32. The van der Waals surface area contributed by atoms with E-state index in [0.29, 0.717) is 0 Å². The molecule has 3 nitrogen and oxygen atoms in total. The van der Waals surface area contributed by atoms with Crippen LogP contribution in [0.4, 0.5) is 0 Å². The highest BCUT2D eigenvalue weighted by Gasteiger charge is 2.15. The van der Waals surface area contributed by atoms with Gasteiger partial charge in [0, 0.05) is 6.42 Å². The minimum absolute atomic E-state index is 0.892. The van der Waals surface area contributed by atoms with E-state index in [9.17, 15) is 0 Å². The van der Waals surface area contributed by atoms with E-state index in [1.165, 1.54) is 49.3 Å². The molecule has 0 saturated carbocycles. The third kappa shape index (κ3) is 3.15. The van der Waals surface area contributed by atoms with Gasteiger partial charge in [-0.15, -0.1) is 0 Å². The van der Waals surface area contributed by atoms with Crippen molar-refractivity contribution in [1.29, 1.82) is 0 Å². The van der Waals surface area contributed by atoms with Crippen LogP contribution in [0.5, 0.6) is 0 Å².